The molecule has 30 heavy (non-hydrogen) atoms. The van der Waals surface area contributed by atoms with Crippen LogP contribution in [0.15, 0.2) is 24.3 Å². The van der Waals surface area contributed by atoms with Crippen molar-refractivity contribution < 1.29 is 23.9 Å². The summed E-state index contributed by atoms with van der Waals surface area (Å²) in [6, 6.07) is 5.77. The number of ether oxygens (including phenoxy) is 1. The average molecular weight is 418 g/mol. The normalized spacial score (nSPS) is 14.6. The molecule has 0 spiro atoms. The maximum absolute atomic E-state index is 12.6. The predicted molar refractivity (Wildman–Crippen MR) is 112 cm³/mol. The molecule has 1 aliphatic carbocycles. The minimum absolute atomic E-state index is 0.0323. The predicted octanol–water partition coefficient (Wildman–Crippen LogP) is 2.27. The third-order valence-corrected chi connectivity index (χ3v) is 4.73. The summed E-state index contributed by atoms with van der Waals surface area (Å²) in [5.74, 6) is -2.12. The number of hydrogen-bond acceptors (Lipinski definition) is 5. The zero-order chi connectivity index (χ0) is 22.5. The van der Waals surface area contributed by atoms with Crippen LogP contribution >= 0.6 is 0 Å². The second-order valence-electron chi connectivity index (χ2n) is 8.93. The van der Waals surface area contributed by atoms with Crippen LogP contribution in [0.3, 0.4) is 0 Å². The second kappa shape index (κ2) is 9.73. The molecule has 1 aliphatic rings. The van der Waals surface area contributed by atoms with Gasteiger partial charge >= 0.3 is 12.0 Å². The Labute approximate surface area is 177 Å². The minimum atomic E-state index is -0.923. The van der Waals surface area contributed by atoms with Crippen LogP contribution in [0.1, 0.15) is 63.4 Å². The molecule has 1 saturated carbocycles. The molecule has 1 aromatic carbocycles. The fourth-order valence-corrected chi connectivity index (χ4v) is 2.68. The zero-order valence-electron chi connectivity index (χ0n) is 18.2. The Kier molecular flexibility index (Phi) is 7.59. The van der Waals surface area contributed by atoms with Crippen LogP contribution in [0.2, 0.25) is 0 Å². The zero-order valence-corrected chi connectivity index (χ0v) is 18.2. The van der Waals surface area contributed by atoms with Crippen LogP contribution in [0.4, 0.5) is 4.79 Å². The molecule has 0 bridgehead atoms. The molecule has 0 heterocycles. The molecule has 8 nitrogen and oxygen atoms in total. The van der Waals surface area contributed by atoms with Crippen molar-refractivity contribution in [2.45, 2.75) is 65.0 Å². The number of imide groups is 1. The summed E-state index contributed by atoms with van der Waals surface area (Å²) in [7, 11) is 0. The van der Waals surface area contributed by atoms with Crippen LogP contribution in [-0.2, 0) is 19.7 Å². The van der Waals surface area contributed by atoms with Gasteiger partial charge in [0.15, 0.2) is 6.61 Å². The number of rotatable bonds is 7. The largest absolute Gasteiger partial charge is 0.454 e. The van der Waals surface area contributed by atoms with Gasteiger partial charge in [0.1, 0.15) is 6.04 Å². The number of hydrogen-bond donors (Lipinski definition) is 3. The van der Waals surface area contributed by atoms with E-state index in [-0.39, 0.29) is 17.4 Å². The summed E-state index contributed by atoms with van der Waals surface area (Å²) in [5, 5.41) is 7.37. The summed E-state index contributed by atoms with van der Waals surface area (Å²) in [4.78, 5) is 48.3. The number of carbonyl (C=O) groups is 4. The number of carbonyl (C=O) groups excluding carboxylic acids is 4. The van der Waals surface area contributed by atoms with Gasteiger partial charge < -0.3 is 15.4 Å². The average Bonchev–Trinajstić information content (AvgIpc) is 3.46. The molecule has 164 valence electrons. The molecule has 3 N–H and O–H groups in total. The first-order valence-electron chi connectivity index (χ1n) is 10.2. The van der Waals surface area contributed by atoms with E-state index in [1.807, 2.05) is 12.1 Å². The fraction of sp³-hybridized carbons (Fsp3) is 0.545. The van der Waals surface area contributed by atoms with Gasteiger partial charge in [-0.15, -0.1) is 0 Å². The lowest BCUT2D eigenvalue weighted by Crippen LogP contribution is -2.47. The minimum Gasteiger partial charge on any atom is -0.454 e. The number of nitrogens with one attached hydrogen (secondary N) is 3. The highest BCUT2D eigenvalue weighted by atomic mass is 16.5. The van der Waals surface area contributed by atoms with Crippen molar-refractivity contribution in [2.24, 2.45) is 5.92 Å². The number of amides is 4. The van der Waals surface area contributed by atoms with E-state index in [1.165, 1.54) is 0 Å². The molecular weight excluding hydrogens is 386 g/mol. The van der Waals surface area contributed by atoms with Crippen LogP contribution in [-0.4, -0.2) is 42.5 Å². The molecule has 0 aromatic heterocycles. The Balaban J connectivity index is 1.89. The number of esters is 1. The van der Waals surface area contributed by atoms with Crippen molar-refractivity contribution in [1.29, 1.82) is 0 Å². The van der Waals surface area contributed by atoms with Gasteiger partial charge in [-0.1, -0.05) is 46.8 Å². The highest BCUT2D eigenvalue weighted by molar-refractivity contribution is 5.98. The van der Waals surface area contributed by atoms with Crippen LogP contribution in [0, 0.1) is 5.92 Å². The van der Waals surface area contributed by atoms with Gasteiger partial charge in [-0.3, -0.25) is 14.9 Å². The van der Waals surface area contributed by atoms with E-state index < -0.39 is 36.5 Å². The van der Waals surface area contributed by atoms with E-state index >= 15 is 0 Å². The Morgan fingerprint density at radius 3 is 2.17 bits per heavy atom. The second-order valence-corrected chi connectivity index (χ2v) is 8.93. The van der Waals surface area contributed by atoms with E-state index in [2.05, 4.69) is 36.7 Å². The van der Waals surface area contributed by atoms with Gasteiger partial charge in [0, 0.05) is 11.6 Å². The standard InChI is InChI=1S/C22H31N3O5/c1-13(2)18(20(28)30-12-17(26)24-21(29)23-16-10-11-16)25-19(27)14-6-8-15(9-7-14)22(3,4)5/h6-9,13,16,18H,10-12H2,1-5H3,(H,25,27)(H2,23,24,26,29)/t18-/m0/s1. The van der Waals surface area contributed by atoms with E-state index in [1.54, 1.807) is 26.0 Å². The fourth-order valence-electron chi connectivity index (χ4n) is 2.68. The topological polar surface area (TPSA) is 114 Å². The summed E-state index contributed by atoms with van der Waals surface area (Å²) in [6.45, 7) is 9.17. The SMILES string of the molecule is CC(C)[C@H](NC(=O)c1ccc(C(C)(C)C)cc1)C(=O)OCC(=O)NC(=O)NC1CC1. The molecule has 0 aliphatic heterocycles. The first-order valence-corrected chi connectivity index (χ1v) is 10.2. The summed E-state index contributed by atoms with van der Waals surface area (Å²) < 4.78 is 5.00. The molecule has 2 rings (SSSR count). The van der Waals surface area contributed by atoms with Crippen LogP contribution < -0.4 is 16.0 Å². The molecule has 1 fully saturated rings. The van der Waals surface area contributed by atoms with Crippen LogP contribution in [0.5, 0.6) is 0 Å². The molecular formula is C22H31N3O5. The summed E-state index contributed by atoms with van der Waals surface area (Å²) >= 11 is 0. The molecule has 1 aromatic rings. The Morgan fingerprint density at radius 1 is 1.07 bits per heavy atom. The first kappa shape index (κ1) is 23.4. The highest BCUT2D eigenvalue weighted by Gasteiger charge is 2.28. The smallest absolute Gasteiger partial charge is 0.329 e. The van der Waals surface area contributed by atoms with E-state index in [9.17, 15) is 19.2 Å². The molecule has 4 amide bonds. The van der Waals surface area contributed by atoms with Gasteiger partial charge in [-0.25, -0.2) is 9.59 Å². The van der Waals surface area contributed by atoms with Gasteiger partial charge in [0.25, 0.3) is 11.8 Å². The van der Waals surface area contributed by atoms with Crippen molar-refractivity contribution in [3.05, 3.63) is 35.4 Å². The van der Waals surface area contributed by atoms with Crippen molar-refractivity contribution in [3.8, 4) is 0 Å². The quantitative estimate of drug-likeness (QED) is 0.589. The lowest BCUT2D eigenvalue weighted by Gasteiger charge is -2.22. The molecule has 1 atom stereocenters. The summed E-state index contributed by atoms with van der Waals surface area (Å²) in [6.07, 6.45) is 1.79. The van der Waals surface area contributed by atoms with Gasteiger partial charge in [0.2, 0.25) is 0 Å². The highest BCUT2D eigenvalue weighted by Crippen LogP contribution is 2.22. The molecule has 8 heteroatoms. The van der Waals surface area contributed by atoms with Crippen molar-refractivity contribution in [3.63, 3.8) is 0 Å². The maximum Gasteiger partial charge on any atom is 0.329 e. The lowest BCUT2D eigenvalue weighted by atomic mass is 9.86. The van der Waals surface area contributed by atoms with Gasteiger partial charge in [-0.2, -0.15) is 0 Å². The molecule has 0 saturated heterocycles. The molecule has 0 radical (unpaired) electrons. The Bertz CT molecular complexity index is 792. The van der Waals surface area contributed by atoms with E-state index in [4.69, 9.17) is 4.74 Å². The number of benzene rings is 1. The third kappa shape index (κ3) is 7.17. The first-order chi connectivity index (χ1) is 14.0. The Hall–Kier alpha value is -2.90. The van der Waals surface area contributed by atoms with Crippen molar-refractivity contribution in [1.82, 2.24) is 16.0 Å². The van der Waals surface area contributed by atoms with E-state index in [0.717, 1.165) is 18.4 Å². The third-order valence-electron chi connectivity index (χ3n) is 4.73. The van der Waals surface area contributed by atoms with Crippen molar-refractivity contribution >= 4 is 23.8 Å². The lowest BCUT2D eigenvalue weighted by molar-refractivity contribution is -0.151. The maximum atomic E-state index is 12.6. The van der Waals surface area contributed by atoms with Gasteiger partial charge in [0.05, 0.1) is 0 Å². The van der Waals surface area contributed by atoms with Gasteiger partial charge in [-0.05, 0) is 41.9 Å². The number of urea groups is 1. The van der Waals surface area contributed by atoms with Crippen molar-refractivity contribution in [2.75, 3.05) is 6.61 Å². The monoisotopic (exact) mass is 417 g/mol. The summed E-state index contributed by atoms with van der Waals surface area (Å²) in [5.41, 5.74) is 1.49. The van der Waals surface area contributed by atoms with E-state index in [0.29, 0.717) is 5.56 Å². The molecule has 0 unspecified atom stereocenters. The van der Waals surface area contributed by atoms with Crippen LogP contribution in [0.25, 0.3) is 0 Å². The Morgan fingerprint density at radius 2 is 1.67 bits per heavy atom.